The van der Waals surface area contributed by atoms with Crippen molar-refractivity contribution in [1.29, 1.82) is 0 Å². The fourth-order valence-corrected chi connectivity index (χ4v) is 2.99. The smallest absolute Gasteiger partial charge is 0.271 e. The van der Waals surface area contributed by atoms with Gasteiger partial charge in [0.05, 0.1) is 10.6 Å². The van der Waals surface area contributed by atoms with E-state index < -0.39 is 4.92 Å². The van der Waals surface area contributed by atoms with Crippen molar-refractivity contribution in [1.82, 2.24) is 5.32 Å². The van der Waals surface area contributed by atoms with Gasteiger partial charge in [-0.15, -0.1) is 12.4 Å². The zero-order valence-electron chi connectivity index (χ0n) is 11.6. The van der Waals surface area contributed by atoms with Crippen LogP contribution in [0.5, 0.6) is 0 Å². The number of halogens is 1. The second-order valence-corrected chi connectivity index (χ2v) is 5.36. The van der Waals surface area contributed by atoms with E-state index in [0.29, 0.717) is 18.7 Å². The summed E-state index contributed by atoms with van der Waals surface area (Å²) in [4.78, 5) is 24.5. The topological polar surface area (TPSA) is 75.5 Å². The van der Waals surface area contributed by atoms with Crippen LogP contribution in [0.15, 0.2) is 18.2 Å². The van der Waals surface area contributed by atoms with E-state index in [1.807, 2.05) is 0 Å². The molecule has 1 saturated heterocycles. The molecule has 0 saturated carbocycles. The summed E-state index contributed by atoms with van der Waals surface area (Å²) in [6, 6.07) is 5.03. The minimum atomic E-state index is -0.417. The van der Waals surface area contributed by atoms with Gasteiger partial charge in [-0.1, -0.05) is 6.07 Å². The summed E-state index contributed by atoms with van der Waals surface area (Å²) in [5.74, 6) is 0.0589. The lowest BCUT2D eigenvalue weighted by atomic mass is 10.1. The number of fused-ring (bicyclic) bond motifs is 1. The molecule has 1 aromatic carbocycles. The number of hydrogen-bond acceptors (Lipinski definition) is 4. The van der Waals surface area contributed by atoms with Gasteiger partial charge in [-0.2, -0.15) is 0 Å². The van der Waals surface area contributed by atoms with Crippen LogP contribution in [0.4, 0.5) is 11.4 Å². The normalized spacial score (nSPS) is 20.0. The van der Waals surface area contributed by atoms with E-state index in [0.717, 1.165) is 31.4 Å². The van der Waals surface area contributed by atoms with E-state index in [9.17, 15) is 14.9 Å². The zero-order chi connectivity index (χ0) is 14.1. The van der Waals surface area contributed by atoms with E-state index >= 15 is 0 Å². The van der Waals surface area contributed by atoms with Crippen molar-refractivity contribution in [2.45, 2.75) is 31.7 Å². The molecule has 2 aliphatic heterocycles. The molecule has 1 unspecified atom stereocenters. The van der Waals surface area contributed by atoms with Gasteiger partial charge in [0.25, 0.3) is 5.69 Å². The van der Waals surface area contributed by atoms with E-state index in [-0.39, 0.29) is 30.0 Å². The molecule has 1 atom stereocenters. The first-order chi connectivity index (χ1) is 9.65. The Morgan fingerprint density at radius 3 is 2.95 bits per heavy atom. The molecule has 6 nitrogen and oxygen atoms in total. The minimum Gasteiger partial charge on any atom is -0.313 e. The summed E-state index contributed by atoms with van der Waals surface area (Å²) in [6.07, 6.45) is 3.39. The van der Waals surface area contributed by atoms with Gasteiger partial charge in [-0.3, -0.25) is 14.9 Å². The summed E-state index contributed by atoms with van der Waals surface area (Å²) >= 11 is 0. The SMILES string of the molecule is Cl.O=C(CC1CCCN1)N1CCc2ccc([N+](=O)[O-])cc21. The third kappa shape index (κ3) is 3.16. The predicted molar refractivity (Wildman–Crippen MR) is 82.0 cm³/mol. The lowest BCUT2D eigenvalue weighted by molar-refractivity contribution is -0.384. The number of nitro benzene ring substituents is 1. The Morgan fingerprint density at radius 1 is 1.48 bits per heavy atom. The number of carbonyl (C=O) groups is 1. The monoisotopic (exact) mass is 311 g/mol. The van der Waals surface area contributed by atoms with E-state index in [1.165, 1.54) is 12.1 Å². The number of hydrogen-bond donors (Lipinski definition) is 1. The zero-order valence-corrected chi connectivity index (χ0v) is 12.4. The lowest BCUT2D eigenvalue weighted by Crippen LogP contribution is -2.34. The van der Waals surface area contributed by atoms with Crippen LogP contribution in [0.2, 0.25) is 0 Å². The van der Waals surface area contributed by atoms with Gasteiger partial charge in [0.2, 0.25) is 5.91 Å². The number of nitrogens with zero attached hydrogens (tertiary/aromatic N) is 2. The van der Waals surface area contributed by atoms with Crippen molar-refractivity contribution in [2.75, 3.05) is 18.0 Å². The molecule has 0 spiro atoms. The Kier molecular flexibility index (Phi) is 4.80. The fraction of sp³-hybridized carbons (Fsp3) is 0.500. The molecule has 1 N–H and O–H groups in total. The number of rotatable bonds is 3. The molecule has 0 radical (unpaired) electrons. The molecule has 2 heterocycles. The first kappa shape index (κ1) is 15.7. The summed E-state index contributed by atoms with van der Waals surface area (Å²) in [5, 5.41) is 14.2. The molecular formula is C14H18ClN3O3. The largest absolute Gasteiger partial charge is 0.313 e. The summed E-state index contributed by atoms with van der Waals surface area (Å²) in [5.41, 5.74) is 1.77. The third-order valence-electron chi connectivity index (χ3n) is 4.06. The van der Waals surface area contributed by atoms with Crippen LogP contribution in [0.3, 0.4) is 0 Å². The van der Waals surface area contributed by atoms with Crippen LogP contribution in [0.1, 0.15) is 24.8 Å². The highest BCUT2D eigenvalue weighted by molar-refractivity contribution is 5.96. The summed E-state index contributed by atoms with van der Waals surface area (Å²) < 4.78 is 0. The molecule has 1 amide bonds. The molecule has 1 fully saturated rings. The number of nitro groups is 1. The molecule has 1 aromatic rings. The number of amides is 1. The molecule has 114 valence electrons. The van der Waals surface area contributed by atoms with Gasteiger partial charge in [0.15, 0.2) is 0 Å². The number of carbonyl (C=O) groups excluding carboxylic acids is 1. The lowest BCUT2D eigenvalue weighted by Gasteiger charge is -2.19. The van der Waals surface area contributed by atoms with Crippen LogP contribution >= 0.6 is 12.4 Å². The quantitative estimate of drug-likeness (QED) is 0.684. The second kappa shape index (κ2) is 6.41. The Labute approximate surface area is 129 Å². The molecule has 0 bridgehead atoms. The summed E-state index contributed by atoms with van der Waals surface area (Å²) in [6.45, 7) is 1.60. The maximum absolute atomic E-state index is 12.4. The van der Waals surface area contributed by atoms with Gasteiger partial charge < -0.3 is 10.2 Å². The van der Waals surface area contributed by atoms with Crippen molar-refractivity contribution in [3.63, 3.8) is 0 Å². The summed E-state index contributed by atoms with van der Waals surface area (Å²) in [7, 11) is 0. The molecule has 7 heteroatoms. The van der Waals surface area contributed by atoms with Crippen molar-refractivity contribution in [2.24, 2.45) is 0 Å². The van der Waals surface area contributed by atoms with Crippen molar-refractivity contribution >= 4 is 29.7 Å². The number of benzene rings is 1. The van der Waals surface area contributed by atoms with Crippen molar-refractivity contribution in [3.05, 3.63) is 33.9 Å². The number of anilines is 1. The van der Waals surface area contributed by atoms with E-state index in [4.69, 9.17) is 0 Å². The predicted octanol–water partition coefficient (Wildman–Crippen LogP) is 2.05. The maximum atomic E-state index is 12.4. The van der Waals surface area contributed by atoms with E-state index in [1.54, 1.807) is 11.0 Å². The van der Waals surface area contributed by atoms with E-state index in [2.05, 4.69) is 5.32 Å². The van der Waals surface area contributed by atoms with Gasteiger partial charge in [0, 0.05) is 31.1 Å². The number of non-ortho nitro benzene ring substituents is 1. The Hall–Kier alpha value is -1.66. The molecule has 0 aliphatic carbocycles. The van der Waals surface area contributed by atoms with Crippen LogP contribution in [-0.2, 0) is 11.2 Å². The van der Waals surface area contributed by atoms with Gasteiger partial charge in [0.1, 0.15) is 0 Å². The highest BCUT2D eigenvalue weighted by Gasteiger charge is 2.28. The second-order valence-electron chi connectivity index (χ2n) is 5.36. The van der Waals surface area contributed by atoms with Gasteiger partial charge >= 0.3 is 0 Å². The third-order valence-corrected chi connectivity index (χ3v) is 4.06. The molecule has 3 rings (SSSR count). The highest BCUT2D eigenvalue weighted by Crippen LogP contribution is 2.32. The molecule has 21 heavy (non-hydrogen) atoms. The number of nitrogens with one attached hydrogen (secondary N) is 1. The Morgan fingerprint density at radius 2 is 2.29 bits per heavy atom. The van der Waals surface area contributed by atoms with Crippen molar-refractivity contribution < 1.29 is 9.72 Å². The highest BCUT2D eigenvalue weighted by atomic mass is 35.5. The average molecular weight is 312 g/mol. The molecular weight excluding hydrogens is 294 g/mol. The average Bonchev–Trinajstić information content (AvgIpc) is 3.06. The van der Waals surface area contributed by atoms with Crippen LogP contribution in [-0.4, -0.2) is 30.0 Å². The van der Waals surface area contributed by atoms with Gasteiger partial charge in [-0.05, 0) is 31.4 Å². The minimum absolute atomic E-state index is 0. The van der Waals surface area contributed by atoms with Crippen LogP contribution in [0, 0.1) is 10.1 Å². The Bertz CT molecular complexity index is 558. The maximum Gasteiger partial charge on any atom is 0.271 e. The standard InChI is InChI=1S/C14H17N3O3.ClH/c18-14(8-11-2-1-6-15-11)16-7-5-10-3-4-12(17(19)20)9-13(10)16;/h3-4,9,11,15H,1-2,5-8H2;1H. The first-order valence-electron chi connectivity index (χ1n) is 6.96. The van der Waals surface area contributed by atoms with Crippen LogP contribution in [0.25, 0.3) is 0 Å². The molecule has 0 aromatic heterocycles. The van der Waals surface area contributed by atoms with Crippen LogP contribution < -0.4 is 10.2 Å². The molecule has 2 aliphatic rings. The Balaban J connectivity index is 0.00000161. The first-order valence-corrected chi connectivity index (χ1v) is 6.96. The van der Waals surface area contributed by atoms with Gasteiger partial charge in [-0.25, -0.2) is 0 Å². The van der Waals surface area contributed by atoms with Crippen molar-refractivity contribution in [3.8, 4) is 0 Å². The fourth-order valence-electron chi connectivity index (χ4n) is 2.99.